The Morgan fingerprint density at radius 2 is 1.92 bits per heavy atom. The van der Waals surface area contributed by atoms with Crippen molar-refractivity contribution in [1.82, 2.24) is 4.90 Å². The number of hydrogen-bond acceptors (Lipinski definition) is 1. The molecule has 0 aromatic heterocycles. The van der Waals surface area contributed by atoms with Gasteiger partial charge in [0.15, 0.2) is 0 Å². The number of piperidine rings is 1. The SMILES string of the molecule is CN1CCC[C@@]2(C)CCCC[C@@H]12. The third-order valence-electron chi connectivity index (χ3n) is 4.07. The molecule has 1 nitrogen and oxygen atoms in total. The summed E-state index contributed by atoms with van der Waals surface area (Å²) < 4.78 is 0. The molecule has 1 heterocycles. The zero-order chi connectivity index (χ0) is 8.60. The summed E-state index contributed by atoms with van der Waals surface area (Å²) in [6, 6.07) is 0.903. The Morgan fingerprint density at radius 3 is 2.67 bits per heavy atom. The number of rotatable bonds is 0. The monoisotopic (exact) mass is 167 g/mol. The maximum Gasteiger partial charge on any atom is 0.0146 e. The molecule has 2 aliphatic rings. The lowest BCUT2D eigenvalue weighted by Gasteiger charge is -2.50. The average molecular weight is 167 g/mol. The van der Waals surface area contributed by atoms with Crippen LogP contribution in [0.5, 0.6) is 0 Å². The summed E-state index contributed by atoms with van der Waals surface area (Å²) >= 11 is 0. The van der Waals surface area contributed by atoms with E-state index in [2.05, 4.69) is 18.9 Å². The van der Waals surface area contributed by atoms with Crippen molar-refractivity contribution in [2.24, 2.45) is 5.41 Å². The predicted octanol–water partition coefficient (Wildman–Crippen LogP) is 2.66. The third kappa shape index (κ3) is 1.28. The lowest BCUT2D eigenvalue weighted by atomic mass is 9.67. The highest BCUT2D eigenvalue weighted by Gasteiger charge is 2.40. The summed E-state index contributed by atoms with van der Waals surface area (Å²) in [7, 11) is 2.31. The van der Waals surface area contributed by atoms with Gasteiger partial charge in [-0.3, -0.25) is 0 Å². The molecule has 1 aliphatic carbocycles. The van der Waals surface area contributed by atoms with Crippen LogP contribution in [0.1, 0.15) is 45.4 Å². The minimum absolute atomic E-state index is 0.672. The molecule has 1 aliphatic heterocycles. The number of fused-ring (bicyclic) bond motifs is 1. The molecule has 0 spiro atoms. The lowest BCUT2D eigenvalue weighted by Crippen LogP contribution is -2.50. The predicted molar refractivity (Wildman–Crippen MR) is 52.2 cm³/mol. The zero-order valence-electron chi connectivity index (χ0n) is 8.47. The van der Waals surface area contributed by atoms with E-state index >= 15 is 0 Å². The molecule has 2 rings (SSSR count). The van der Waals surface area contributed by atoms with E-state index in [1.165, 1.54) is 45.1 Å². The second kappa shape index (κ2) is 3.02. The fourth-order valence-electron chi connectivity index (χ4n) is 3.31. The first-order valence-electron chi connectivity index (χ1n) is 5.43. The molecule has 70 valence electrons. The van der Waals surface area contributed by atoms with Gasteiger partial charge < -0.3 is 4.90 Å². The first kappa shape index (κ1) is 8.55. The molecule has 1 saturated heterocycles. The molecule has 0 aromatic rings. The molecular weight excluding hydrogens is 146 g/mol. The molecule has 12 heavy (non-hydrogen) atoms. The van der Waals surface area contributed by atoms with Crippen LogP contribution in [0.4, 0.5) is 0 Å². The summed E-state index contributed by atoms with van der Waals surface area (Å²) in [4.78, 5) is 2.60. The number of likely N-dealkylation sites (tertiary alicyclic amines) is 1. The van der Waals surface area contributed by atoms with E-state index in [1.54, 1.807) is 0 Å². The second-order valence-electron chi connectivity index (χ2n) is 5.00. The van der Waals surface area contributed by atoms with Gasteiger partial charge in [-0.25, -0.2) is 0 Å². The molecule has 1 heteroatoms. The van der Waals surface area contributed by atoms with Crippen LogP contribution in [0.25, 0.3) is 0 Å². The van der Waals surface area contributed by atoms with E-state index in [0.717, 1.165) is 6.04 Å². The van der Waals surface area contributed by atoms with E-state index < -0.39 is 0 Å². The highest BCUT2D eigenvalue weighted by atomic mass is 15.1. The van der Waals surface area contributed by atoms with Gasteiger partial charge in [0, 0.05) is 6.04 Å². The van der Waals surface area contributed by atoms with Crippen LogP contribution in [0, 0.1) is 5.41 Å². The van der Waals surface area contributed by atoms with Crippen LogP contribution >= 0.6 is 0 Å². The molecule has 0 aromatic carbocycles. The van der Waals surface area contributed by atoms with Gasteiger partial charge in [0.2, 0.25) is 0 Å². The Morgan fingerprint density at radius 1 is 1.17 bits per heavy atom. The van der Waals surface area contributed by atoms with Crippen molar-refractivity contribution < 1.29 is 0 Å². The Bertz CT molecular complexity index is 162. The summed E-state index contributed by atoms with van der Waals surface area (Å²) in [5.74, 6) is 0. The van der Waals surface area contributed by atoms with E-state index in [4.69, 9.17) is 0 Å². The van der Waals surface area contributed by atoms with Gasteiger partial charge in [-0.1, -0.05) is 19.8 Å². The van der Waals surface area contributed by atoms with Crippen molar-refractivity contribution in [2.45, 2.75) is 51.5 Å². The third-order valence-corrected chi connectivity index (χ3v) is 4.07. The molecule has 0 amide bonds. The highest BCUT2D eigenvalue weighted by molar-refractivity contribution is 4.94. The largest absolute Gasteiger partial charge is 0.303 e. The molecule has 0 bridgehead atoms. The maximum atomic E-state index is 2.60. The van der Waals surface area contributed by atoms with Gasteiger partial charge in [-0.2, -0.15) is 0 Å². The first-order chi connectivity index (χ1) is 5.72. The minimum Gasteiger partial charge on any atom is -0.303 e. The molecule has 0 N–H and O–H groups in total. The van der Waals surface area contributed by atoms with Crippen molar-refractivity contribution in [3.05, 3.63) is 0 Å². The van der Waals surface area contributed by atoms with Crippen molar-refractivity contribution in [2.75, 3.05) is 13.6 Å². The molecule has 2 atom stereocenters. The Kier molecular flexibility index (Phi) is 2.16. The Hall–Kier alpha value is -0.0400. The molecule has 0 radical (unpaired) electrons. The van der Waals surface area contributed by atoms with Crippen molar-refractivity contribution >= 4 is 0 Å². The lowest BCUT2D eigenvalue weighted by molar-refractivity contribution is 0.00958. The van der Waals surface area contributed by atoms with Crippen LogP contribution in [0.3, 0.4) is 0 Å². The fraction of sp³-hybridized carbons (Fsp3) is 1.00. The van der Waals surface area contributed by atoms with Crippen LogP contribution in [-0.2, 0) is 0 Å². The topological polar surface area (TPSA) is 3.24 Å². The zero-order valence-corrected chi connectivity index (χ0v) is 8.47. The van der Waals surface area contributed by atoms with Gasteiger partial charge in [-0.05, 0) is 44.7 Å². The summed E-state index contributed by atoms with van der Waals surface area (Å²) in [5.41, 5.74) is 0.672. The quantitative estimate of drug-likeness (QED) is 0.536. The average Bonchev–Trinajstić information content (AvgIpc) is 2.04. The van der Waals surface area contributed by atoms with Gasteiger partial charge in [0.25, 0.3) is 0 Å². The first-order valence-corrected chi connectivity index (χ1v) is 5.43. The Balaban J connectivity index is 2.12. The minimum atomic E-state index is 0.672. The van der Waals surface area contributed by atoms with Crippen LogP contribution in [-0.4, -0.2) is 24.5 Å². The van der Waals surface area contributed by atoms with Crippen molar-refractivity contribution in [3.8, 4) is 0 Å². The number of nitrogens with zero attached hydrogens (tertiary/aromatic N) is 1. The smallest absolute Gasteiger partial charge is 0.0146 e. The van der Waals surface area contributed by atoms with Gasteiger partial charge in [-0.15, -0.1) is 0 Å². The summed E-state index contributed by atoms with van der Waals surface area (Å²) in [6.45, 7) is 3.84. The van der Waals surface area contributed by atoms with Gasteiger partial charge in [0.05, 0.1) is 0 Å². The number of hydrogen-bond donors (Lipinski definition) is 0. The van der Waals surface area contributed by atoms with Crippen molar-refractivity contribution in [3.63, 3.8) is 0 Å². The van der Waals surface area contributed by atoms with E-state index in [0.29, 0.717) is 5.41 Å². The Labute approximate surface area is 76.1 Å². The summed E-state index contributed by atoms with van der Waals surface area (Å²) in [6.07, 6.45) is 8.76. The summed E-state index contributed by atoms with van der Waals surface area (Å²) in [5, 5.41) is 0. The molecule has 2 fully saturated rings. The van der Waals surface area contributed by atoms with E-state index in [-0.39, 0.29) is 0 Å². The van der Waals surface area contributed by atoms with Crippen LogP contribution in [0.15, 0.2) is 0 Å². The molecule has 1 saturated carbocycles. The standard InChI is InChI=1S/C11H21N/c1-11-7-4-3-6-10(11)12(2)9-5-8-11/h10H,3-9H2,1-2H3/t10-,11-/m1/s1. The van der Waals surface area contributed by atoms with E-state index in [9.17, 15) is 0 Å². The van der Waals surface area contributed by atoms with Crippen LogP contribution < -0.4 is 0 Å². The van der Waals surface area contributed by atoms with Gasteiger partial charge >= 0.3 is 0 Å². The van der Waals surface area contributed by atoms with Gasteiger partial charge in [0.1, 0.15) is 0 Å². The van der Waals surface area contributed by atoms with E-state index in [1.807, 2.05) is 0 Å². The maximum absolute atomic E-state index is 2.60. The second-order valence-corrected chi connectivity index (χ2v) is 5.00. The molecule has 0 unspecified atom stereocenters. The fourth-order valence-corrected chi connectivity index (χ4v) is 3.31. The van der Waals surface area contributed by atoms with Crippen molar-refractivity contribution in [1.29, 1.82) is 0 Å². The molecular formula is C11H21N. The van der Waals surface area contributed by atoms with Crippen LogP contribution in [0.2, 0.25) is 0 Å². The normalized spacial score (nSPS) is 44.0. The highest BCUT2D eigenvalue weighted by Crippen LogP contribution is 2.44.